The summed E-state index contributed by atoms with van der Waals surface area (Å²) < 4.78 is 0. The number of nitrogens with two attached hydrogens (primary N) is 1. The third-order valence-electron chi connectivity index (χ3n) is 2.57. The second kappa shape index (κ2) is 7.22. The van der Waals surface area contributed by atoms with Gasteiger partial charge in [0.2, 0.25) is 11.8 Å². The molecule has 3 N–H and O–H groups in total. The van der Waals surface area contributed by atoms with Crippen LogP contribution >= 0.6 is 0 Å². The Hall–Kier alpha value is -1.10. The van der Waals surface area contributed by atoms with E-state index in [1.807, 2.05) is 0 Å². The number of carbonyl (C=O) groups is 2. The maximum atomic E-state index is 11.5. The predicted molar refractivity (Wildman–Crippen MR) is 63.8 cm³/mol. The third kappa shape index (κ3) is 5.70. The zero-order valence-corrected chi connectivity index (χ0v) is 10.6. The van der Waals surface area contributed by atoms with Crippen LogP contribution in [0.5, 0.6) is 0 Å². The standard InChI is InChI=1S/C11H23N3O2/c1-8(9(2)12)11(16)13-7-5-6-10(15)14(3)4/h8-9H,5-7,12H2,1-4H3,(H,13,16). The summed E-state index contributed by atoms with van der Waals surface area (Å²) in [5, 5.41) is 2.77. The Bertz CT molecular complexity index is 239. The minimum Gasteiger partial charge on any atom is -0.356 e. The van der Waals surface area contributed by atoms with E-state index in [1.54, 1.807) is 32.8 Å². The third-order valence-corrected chi connectivity index (χ3v) is 2.57. The first-order valence-corrected chi connectivity index (χ1v) is 5.59. The molecule has 0 aromatic rings. The second-order valence-electron chi connectivity index (χ2n) is 4.33. The van der Waals surface area contributed by atoms with Crippen molar-refractivity contribution in [2.24, 2.45) is 11.7 Å². The van der Waals surface area contributed by atoms with Gasteiger partial charge in [0.05, 0.1) is 0 Å². The van der Waals surface area contributed by atoms with Gasteiger partial charge >= 0.3 is 0 Å². The minimum atomic E-state index is -0.190. The first-order chi connectivity index (χ1) is 7.36. The average molecular weight is 229 g/mol. The lowest BCUT2D eigenvalue weighted by Gasteiger charge is -2.15. The Labute approximate surface area is 97.4 Å². The largest absolute Gasteiger partial charge is 0.356 e. The molecule has 0 saturated carbocycles. The van der Waals surface area contributed by atoms with Crippen molar-refractivity contribution in [2.75, 3.05) is 20.6 Å². The molecular weight excluding hydrogens is 206 g/mol. The van der Waals surface area contributed by atoms with Gasteiger partial charge in [0.15, 0.2) is 0 Å². The summed E-state index contributed by atoms with van der Waals surface area (Å²) in [6.45, 7) is 4.13. The maximum Gasteiger partial charge on any atom is 0.224 e. The van der Waals surface area contributed by atoms with Crippen LogP contribution in [0.2, 0.25) is 0 Å². The van der Waals surface area contributed by atoms with Crippen LogP contribution in [0, 0.1) is 5.92 Å². The zero-order valence-electron chi connectivity index (χ0n) is 10.6. The number of hydrogen-bond acceptors (Lipinski definition) is 3. The molecule has 0 radical (unpaired) electrons. The van der Waals surface area contributed by atoms with E-state index >= 15 is 0 Å². The molecule has 2 amide bonds. The second-order valence-corrected chi connectivity index (χ2v) is 4.33. The molecule has 0 aromatic heterocycles. The molecule has 16 heavy (non-hydrogen) atoms. The van der Waals surface area contributed by atoms with Crippen molar-refractivity contribution in [3.63, 3.8) is 0 Å². The van der Waals surface area contributed by atoms with E-state index < -0.39 is 0 Å². The lowest BCUT2D eigenvalue weighted by atomic mass is 10.0. The van der Waals surface area contributed by atoms with Gasteiger partial charge in [0.25, 0.3) is 0 Å². The molecule has 0 spiro atoms. The highest BCUT2D eigenvalue weighted by atomic mass is 16.2. The highest BCUT2D eigenvalue weighted by Gasteiger charge is 2.16. The number of rotatable bonds is 6. The van der Waals surface area contributed by atoms with E-state index in [9.17, 15) is 9.59 Å². The van der Waals surface area contributed by atoms with E-state index in [2.05, 4.69) is 5.32 Å². The molecule has 0 fully saturated rings. The van der Waals surface area contributed by atoms with Gasteiger partial charge in [-0.25, -0.2) is 0 Å². The molecule has 0 aliphatic carbocycles. The Balaban J connectivity index is 3.67. The highest BCUT2D eigenvalue weighted by molar-refractivity contribution is 5.79. The number of carbonyl (C=O) groups excluding carboxylic acids is 2. The van der Waals surface area contributed by atoms with Crippen molar-refractivity contribution < 1.29 is 9.59 Å². The van der Waals surface area contributed by atoms with Crippen LogP contribution in [0.4, 0.5) is 0 Å². The van der Waals surface area contributed by atoms with Gasteiger partial charge < -0.3 is 16.0 Å². The van der Waals surface area contributed by atoms with Crippen molar-refractivity contribution in [1.82, 2.24) is 10.2 Å². The fourth-order valence-electron chi connectivity index (χ4n) is 1.07. The van der Waals surface area contributed by atoms with Crippen LogP contribution in [0.3, 0.4) is 0 Å². The first-order valence-electron chi connectivity index (χ1n) is 5.59. The number of hydrogen-bond donors (Lipinski definition) is 2. The lowest BCUT2D eigenvalue weighted by molar-refractivity contribution is -0.129. The Morgan fingerprint density at radius 1 is 1.31 bits per heavy atom. The van der Waals surface area contributed by atoms with E-state index in [-0.39, 0.29) is 23.8 Å². The molecule has 94 valence electrons. The molecule has 2 atom stereocenters. The van der Waals surface area contributed by atoms with E-state index in [1.165, 1.54) is 0 Å². The van der Waals surface area contributed by atoms with Gasteiger partial charge in [-0.3, -0.25) is 9.59 Å². The molecule has 0 aromatic carbocycles. The van der Waals surface area contributed by atoms with Gasteiger partial charge in [0.1, 0.15) is 0 Å². The molecule has 0 aliphatic heterocycles. The number of nitrogens with one attached hydrogen (secondary N) is 1. The molecule has 5 nitrogen and oxygen atoms in total. The van der Waals surface area contributed by atoms with Gasteiger partial charge in [-0.1, -0.05) is 6.92 Å². The summed E-state index contributed by atoms with van der Waals surface area (Å²) in [6, 6.07) is -0.150. The average Bonchev–Trinajstić information content (AvgIpc) is 2.22. The first kappa shape index (κ1) is 14.9. The lowest BCUT2D eigenvalue weighted by Crippen LogP contribution is -2.39. The van der Waals surface area contributed by atoms with Crippen LogP contribution in [0.1, 0.15) is 26.7 Å². The Kier molecular flexibility index (Phi) is 6.72. The summed E-state index contributed by atoms with van der Waals surface area (Å²) in [4.78, 5) is 24.2. The van der Waals surface area contributed by atoms with Gasteiger partial charge in [0, 0.05) is 39.0 Å². The fraction of sp³-hybridized carbons (Fsp3) is 0.818. The van der Waals surface area contributed by atoms with Crippen LogP contribution in [-0.4, -0.2) is 43.4 Å². The SMILES string of the molecule is CC(N)C(C)C(=O)NCCCC(=O)N(C)C. The molecule has 2 unspecified atom stereocenters. The zero-order chi connectivity index (χ0) is 12.7. The Morgan fingerprint density at radius 3 is 2.31 bits per heavy atom. The summed E-state index contributed by atoms with van der Waals surface area (Å²) in [7, 11) is 3.44. The smallest absolute Gasteiger partial charge is 0.224 e. The molecule has 0 saturated heterocycles. The summed E-state index contributed by atoms with van der Waals surface area (Å²) in [5.74, 6) is -0.161. The summed E-state index contributed by atoms with van der Waals surface area (Å²) in [6.07, 6.45) is 1.12. The van der Waals surface area contributed by atoms with Crippen LogP contribution in [0.15, 0.2) is 0 Å². The maximum absolute atomic E-state index is 11.5. The van der Waals surface area contributed by atoms with Crippen LogP contribution in [0.25, 0.3) is 0 Å². The number of amides is 2. The summed E-state index contributed by atoms with van der Waals surface area (Å²) in [5.41, 5.74) is 5.61. The van der Waals surface area contributed by atoms with Gasteiger partial charge in [-0.2, -0.15) is 0 Å². The molecule has 0 aliphatic rings. The monoisotopic (exact) mass is 229 g/mol. The molecular formula is C11H23N3O2. The van der Waals surface area contributed by atoms with Gasteiger partial charge in [-0.15, -0.1) is 0 Å². The molecule has 0 bridgehead atoms. The minimum absolute atomic E-state index is 0.0488. The number of nitrogens with zero attached hydrogens (tertiary/aromatic N) is 1. The van der Waals surface area contributed by atoms with Crippen molar-refractivity contribution in [1.29, 1.82) is 0 Å². The Morgan fingerprint density at radius 2 is 1.88 bits per heavy atom. The van der Waals surface area contributed by atoms with E-state index in [4.69, 9.17) is 5.73 Å². The van der Waals surface area contributed by atoms with Crippen molar-refractivity contribution in [2.45, 2.75) is 32.7 Å². The van der Waals surface area contributed by atoms with E-state index in [0.717, 1.165) is 0 Å². The molecule has 5 heteroatoms. The van der Waals surface area contributed by atoms with Crippen molar-refractivity contribution in [3.8, 4) is 0 Å². The van der Waals surface area contributed by atoms with Gasteiger partial charge in [-0.05, 0) is 13.3 Å². The van der Waals surface area contributed by atoms with Crippen LogP contribution in [-0.2, 0) is 9.59 Å². The molecule has 0 heterocycles. The quantitative estimate of drug-likeness (QED) is 0.627. The highest BCUT2D eigenvalue weighted by Crippen LogP contribution is 1.99. The normalized spacial score (nSPS) is 14.1. The fourth-order valence-corrected chi connectivity index (χ4v) is 1.07. The van der Waals surface area contributed by atoms with Crippen molar-refractivity contribution >= 4 is 11.8 Å². The van der Waals surface area contributed by atoms with Crippen LogP contribution < -0.4 is 11.1 Å². The topological polar surface area (TPSA) is 75.4 Å². The predicted octanol–water partition coefficient (Wildman–Crippen LogP) is -0.0457. The molecule has 0 rings (SSSR count). The summed E-state index contributed by atoms with van der Waals surface area (Å²) >= 11 is 0. The van der Waals surface area contributed by atoms with Crippen molar-refractivity contribution in [3.05, 3.63) is 0 Å². The van der Waals surface area contributed by atoms with E-state index in [0.29, 0.717) is 19.4 Å².